The molecular formula is C9H19NO2Si. The van der Waals surface area contributed by atoms with E-state index in [1.54, 1.807) is 0 Å². The van der Waals surface area contributed by atoms with Crippen molar-refractivity contribution in [3.8, 4) is 6.07 Å². The number of hydrogen-bond acceptors (Lipinski definition) is 3. The summed E-state index contributed by atoms with van der Waals surface area (Å²) in [4.78, 5) is 0. The standard InChI is InChI=1S/C9H19NO2Si/c1-3-11-9(12-4-2)8-13-7-5-6-10/h9H,3-5,7-8,13H2,1-2H3. The Morgan fingerprint density at radius 3 is 2.38 bits per heavy atom. The van der Waals surface area contributed by atoms with Crippen LogP contribution in [0.5, 0.6) is 0 Å². The number of hydrogen-bond donors (Lipinski definition) is 0. The fourth-order valence-corrected chi connectivity index (χ4v) is 2.47. The second-order valence-electron chi connectivity index (χ2n) is 2.74. The van der Waals surface area contributed by atoms with Crippen molar-refractivity contribution in [2.75, 3.05) is 13.2 Å². The van der Waals surface area contributed by atoms with Crippen LogP contribution in [0.25, 0.3) is 0 Å². The second-order valence-corrected chi connectivity index (χ2v) is 4.74. The van der Waals surface area contributed by atoms with Crippen molar-refractivity contribution in [2.45, 2.75) is 38.6 Å². The average Bonchev–Trinajstić information content (AvgIpc) is 2.13. The zero-order valence-electron chi connectivity index (χ0n) is 8.58. The first kappa shape index (κ1) is 12.6. The lowest BCUT2D eigenvalue weighted by atomic mass is 10.6. The van der Waals surface area contributed by atoms with Crippen molar-refractivity contribution >= 4 is 9.52 Å². The fraction of sp³-hybridized carbons (Fsp3) is 0.889. The van der Waals surface area contributed by atoms with E-state index in [-0.39, 0.29) is 15.8 Å². The summed E-state index contributed by atoms with van der Waals surface area (Å²) in [6, 6.07) is 4.27. The van der Waals surface area contributed by atoms with Crippen LogP contribution in [0.4, 0.5) is 0 Å². The van der Waals surface area contributed by atoms with Crippen molar-refractivity contribution in [2.24, 2.45) is 0 Å². The first-order chi connectivity index (χ1) is 6.35. The van der Waals surface area contributed by atoms with Crippen LogP contribution in [0.2, 0.25) is 12.1 Å². The largest absolute Gasteiger partial charge is 0.353 e. The van der Waals surface area contributed by atoms with Crippen LogP contribution in [0, 0.1) is 11.3 Å². The van der Waals surface area contributed by atoms with Crippen LogP contribution in [-0.2, 0) is 9.47 Å². The highest BCUT2D eigenvalue weighted by molar-refractivity contribution is 6.35. The first-order valence-electron chi connectivity index (χ1n) is 4.95. The Labute approximate surface area is 82.9 Å². The molecule has 0 rings (SSSR count). The predicted molar refractivity (Wildman–Crippen MR) is 55.4 cm³/mol. The highest BCUT2D eigenvalue weighted by atomic mass is 28.2. The molecule has 0 aromatic carbocycles. The van der Waals surface area contributed by atoms with Crippen LogP contribution in [-0.4, -0.2) is 29.0 Å². The molecule has 0 aliphatic rings. The van der Waals surface area contributed by atoms with Gasteiger partial charge < -0.3 is 9.47 Å². The molecule has 0 amide bonds. The van der Waals surface area contributed by atoms with Crippen LogP contribution >= 0.6 is 0 Å². The maximum absolute atomic E-state index is 8.35. The van der Waals surface area contributed by atoms with Crippen LogP contribution in [0.3, 0.4) is 0 Å². The van der Waals surface area contributed by atoms with Crippen LogP contribution in [0.15, 0.2) is 0 Å². The minimum atomic E-state index is -0.160. The Balaban J connectivity index is 3.39. The zero-order valence-corrected chi connectivity index (χ0v) is 10.00. The molecule has 3 nitrogen and oxygen atoms in total. The van der Waals surface area contributed by atoms with E-state index in [4.69, 9.17) is 14.7 Å². The zero-order chi connectivity index (χ0) is 9.94. The molecule has 0 aliphatic carbocycles. The average molecular weight is 201 g/mol. The topological polar surface area (TPSA) is 42.2 Å². The highest BCUT2D eigenvalue weighted by Gasteiger charge is 2.06. The summed E-state index contributed by atoms with van der Waals surface area (Å²) >= 11 is 0. The molecule has 0 aromatic rings. The van der Waals surface area contributed by atoms with Crippen LogP contribution in [0.1, 0.15) is 20.3 Å². The molecular weight excluding hydrogens is 182 g/mol. The van der Waals surface area contributed by atoms with Gasteiger partial charge in [-0.25, -0.2) is 0 Å². The monoisotopic (exact) mass is 201 g/mol. The van der Waals surface area contributed by atoms with Gasteiger partial charge in [-0.2, -0.15) is 5.26 Å². The first-order valence-corrected chi connectivity index (χ1v) is 6.95. The van der Waals surface area contributed by atoms with Gasteiger partial charge in [-0.05, 0) is 25.9 Å². The van der Waals surface area contributed by atoms with Gasteiger partial charge in [-0.15, -0.1) is 0 Å². The molecule has 13 heavy (non-hydrogen) atoms. The Morgan fingerprint density at radius 1 is 1.31 bits per heavy atom. The van der Waals surface area contributed by atoms with Gasteiger partial charge in [0.2, 0.25) is 0 Å². The molecule has 0 fully saturated rings. The maximum atomic E-state index is 8.35. The third-order valence-electron chi connectivity index (χ3n) is 1.68. The van der Waals surface area contributed by atoms with E-state index in [0.717, 1.165) is 12.1 Å². The van der Waals surface area contributed by atoms with E-state index in [2.05, 4.69) is 6.07 Å². The second kappa shape index (κ2) is 9.71. The Hall–Kier alpha value is -0.373. The van der Waals surface area contributed by atoms with E-state index < -0.39 is 0 Å². The molecule has 0 heterocycles. The van der Waals surface area contributed by atoms with Crippen molar-refractivity contribution < 1.29 is 9.47 Å². The predicted octanol–water partition coefficient (Wildman–Crippen LogP) is 1.30. The Bertz CT molecular complexity index is 141. The summed E-state index contributed by atoms with van der Waals surface area (Å²) in [6.07, 6.45) is 0.678. The van der Waals surface area contributed by atoms with Gasteiger partial charge in [0.05, 0.1) is 6.07 Å². The van der Waals surface area contributed by atoms with E-state index in [1.165, 1.54) is 0 Å². The number of nitrogens with zero attached hydrogens (tertiary/aromatic N) is 1. The van der Waals surface area contributed by atoms with Crippen molar-refractivity contribution in [3.05, 3.63) is 0 Å². The van der Waals surface area contributed by atoms with Gasteiger partial charge in [0, 0.05) is 29.2 Å². The number of nitriles is 1. The Kier molecular flexibility index (Phi) is 9.43. The Morgan fingerprint density at radius 2 is 1.92 bits per heavy atom. The highest BCUT2D eigenvalue weighted by Crippen LogP contribution is 2.03. The van der Waals surface area contributed by atoms with Gasteiger partial charge in [-0.1, -0.05) is 0 Å². The minimum absolute atomic E-state index is 0.0136. The lowest BCUT2D eigenvalue weighted by Crippen LogP contribution is -2.18. The lowest BCUT2D eigenvalue weighted by molar-refractivity contribution is -0.123. The molecule has 76 valence electrons. The van der Waals surface area contributed by atoms with Crippen molar-refractivity contribution in [1.82, 2.24) is 0 Å². The normalized spacial score (nSPS) is 11.2. The SMILES string of the molecule is CCOC(C[SiH2]CCC#N)OCC. The summed E-state index contributed by atoms with van der Waals surface area (Å²) in [5.41, 5.74) is 0. The lowest BCUT2D eigenvalue weighted by Gasteiger charge is -2.15. The minimum Gasteiger partial charge on any atom is -0.353 e. The maximum Gasteiger partial charge on any atom is 0.154 e. The van der Waals surface area contributed by atoms with Crippen molar-refractivity contribution in [3.63, 3.8) is 0 Å². The molecule has 0 atom stereocenters. The molecule has 0 radical (unpaired) electrons. The van der Waals surface area contributed by atoms with E-state index in [9.17, 15) is 0 Å². The van der Waals surface area contributed by atoms with E-state index in [0.29, 0.717) is 19.6 Å². The summed E-state index contributed by atoms with van der Waals surface area (Å²) in [6.45, 7) is 5.36. The molecule has 0 saturated heterocycles. The summed E-state index contributed by atoms with van der Waals surface area (Å²) in [5.74, 6) is 0. The summed E-state index contributed by atoms with van der Waals surface area (Å²) < 4.78 is 10.8. The van der Waals surface area contributed by atoms with Crippen molar-refractivity contribution in [1.29, 1.82) is 5.26 Å². The van der Waals surface area contributed by atoms with Gasteiger partial charge in [0.15, 0.2) is 6.29 Å². The molecule has 0 aliphatic heterocycles. The van der Waals surface area contributed by atoms with Crippen LogP contribution < -0.4 is 0 Å². The molecule has 0 bridgehead atoms. The quantitative estimate of drug-likeness (QED) is 0.338. The fourth-order valence-electron chi connectivity index (χ4n) is 1.10. The van der Waals surface area contributed by atoms with E-state index in [1.807, 2.05) is 13.8 Å². The van der Waals surface area contributed by atoms with E-state index >= 15 is 0 Å². The third kappa shape index (κ3) is 7.97. The summed E-state index contributed by atoms with van der Waals surface area (Å²) in [5, 5.41) is 8.35. The summed E-state index contributed by atoms with van der Waals surface area (Å²) in [7, 11) is -0.160. The molecule has 0 saturated carbocycles. The number of ether oxygens (including phenoxy) is 2. The third-order valence-corrected chi connectivity index (χ3v) is 3.42. The molecule has 0 N–H and O–H groups in total. The van der Waals surface area contributed by atoms with Gasteiger partial charge >= 0.3 is 0 Å². The van der Waals surface area contributed by atoms with Gasteiger partial charge in [0.1, 0.15) is 0 Å². The number of rotatable bonds is 8. The smallest absolute Gasteiger partial charge is 0.154 e. The van der Waals surface area contributed by atoms with Gasteiger partial charge in [0.25, 0.3) is 0 Å². The molecule has 4 heteroatoms. The molecule has 0 spiro atoms. The molecule has 0 unspecified atom stereocenters. The van der Waals surface area contributed by atoms with Gasteiger partial charge in [-0.3, -0.25) is 0 Å². The molecule has 0 aromatic heterocycles.